The highest BCUT2D eigenvalue weighted by atomic mass is 16.4. The Morgan fingerprint density at radius 2 is 2.00 bits per heavy atom. The lowest BCUT2D eigenvalue weighted by Gasteiger charge is -2.31. The summed E-state index contributed by atoms with van der Waals surface area (Å²) >= 11 is 0. The molecule has 1 unspecified atom stereocenters. The van der Waals surface area contributed by atoms with Gasteiger partial charge in [-0.15, -0.1) is 0 Å². The van der Waals surface area contributed by atoms with Crippen LogP contribution in [-0.4, -0.2) is 35.0 Å². The smallest absolute Gasteiger partial charge is 0.308 e. The lowest BCUT2D eigenvalue weighted by Crippen LogP contribution is -2.43. The molecule has 1 saturated heterocycles. The maximum Gasteiger partial charge on any atom is 0.308 e. The number of carboxylic acid groups (broad SMARTS) is 1. The minimum absolute atomic E-state index is 0.125. The van der Waals surface area contributed by atoms with Gasteiger partial charge in [-0.3, -0.25) is 9.59 Å². The van der Waals surface area contributed by atoms with Crippen molar-refractivity contribution in [3.8, 4) is 0 Å². The standard InChI is InChI=1S/C12H19NO3/c1-12(2)6-9(12)10(14)13-5-3-4-8(7-13)11(15)16/h8-9H,3-7H2,1-2H3,(H,15,16)/t8?,9-/m1/s1. The Morgan fingerprint density at radius 1 is 1.38 bits per heavy atom. The van der Waals surface area contributed by atoms with Crippen molar-refractivity contribution in [2.24, 2.45) is 17.3 Å². The first-order chi connectivity index (χ1) is 7.42. The van der Waals surface area contributed by atoms with Gasteiger partial charge in [-0.2, -0.15) is 0 Å². The summed E-state index contributed by atoms with van der Waals surface area (Å²) in [5.74, 6) is -0.844. The molecule has 4 heteroatoms. The van der Waals surface area contributed by atoms with Crippen molar-refractivity contribution in [1.82, 2.24) is 4.90 Å². The molecule has 2 atom stereocenters. The van der Waals surface area contributed by atoms with E-state index < -0.39 is 5.97 Å². The van der Waals surface area contributed by atoms with E-state index in [-0.39, 0.29) is 23.2 Å². The topological polar surface area (TPSA) is 57.6 Å². The number of piperidine rings is 1. The summed E-state index contributed by atoms with van der Waals surface area (Å²) < 4.78 is 0. The molecule has 1 aliphatic carbocycles. The fourth-order valence-corrected chi connectivity index (χ4v) is 2.49. The predicted molar refractivity (Wildman–Crippen MR) is 58.8 cm³/mol. The summed E-state index contributed by atoms with van der Waals surface area (Å²) in [7, 11) is 0. The quantitative estimate of drug-likeness (QED) is 0.772. The summed E-state index contributed by atoms with van der Waals surface area (Å²) in [6.07, 6.45) is 2.46. The zero-order valence-corrected chi connectivity index (χ0v) is 9.90. The van der Waals surface area contributed by atoms with Crippen LogP contribution < -0.4 is 0 Å². The van der Waals surface area contributed by atoms with Gasteiger partial charge in [0.1, 0.15) is 0 Å². The molecule has 4 nitrogen and oxygen atoms in total. The Labute approximate surface area is 95.6 Å². The van der Waals surface area contributed by atoms with E-state index in [0.29, 0.717) is 13.0 Å². The molecule has 1 amide bonds. The minimum Gasteiger partial charge on any atom is -0.481 e. The molecule has 0 bridgehead atoms. The van der Waals surface area contributed by atoms with Crippen LogP contribution in [-0.2, 0) is 9.59 Å². The third kappa shape index (κ3) is 2.06. The van der Waals surface area contributed by atoms with Crippen LogP contribution in [0.1, 0.15) is 33.1 Å². The van der Waals surface area contributed by atoms with Crippen molar-refractivity contribution in [2.75, 3.05) is 13.1 Å². The Bertz CT molecular complexity index is 324. The normalized spacial score (nSPS) is 32.2. The number of amides is 1. The molecule has 1 saturated carbocycles. The van der Waals surface area contributed by atoms with Crippen LogP contribution in [0.5, 0.6) is 0 Å². The predicted octanol–water partition coefficient (Wildman–Crippen LogP) is 1.36. The summed E-state index contributed by atoms with van der Waals surface area (Å²) in [6.45, 7) is 5.32. The summed E-state index contributed by atoms with van der Waals surface area (Å²) in [5, 5.41) is 8.96. The average Bonchev–Trinajstić information content (AvgIpc) is 2.87. The van der Waals surface area contributed by atoms with Crippen LogP contribution in [0.3, 0.4) is 0 Å². The molecule has 16 heavy (non-hydrogen) atoms. The van der Waals surface area contributed by atoms with E-state index in [2.05, 4.69) is 13.8 Å². The number of hydrogen-bond acceptors (Lipinski definition) is 2. The molecule has 2 fully saturated rings. The van der Waals surface area contributed by atoms with Gasteiger partial charge in [0.05, 0.1) is 5.92 Å². The largest absolute Gasteiger partial charge is 0.481 e. The first kappa shape index (κ1) is 11.4. The van der Waals surface area contributed by atoms with Crippen LogP contribution in [0.25, 0.3) is 0 Å². The van der Waals surface area contributed by atoms with Gasteiger partial charge in [-0.05, 0) is 24.7 Å². The Kier molecular flexibility index (Phi) is 2.68. The van der Waals surface area contributed by atoms with E-state index in [4.69, 9.17) is 5.11 Å². The minimum atomic E-state index is -0.771. The van der Waals surface area contributed by atoms with Crippen LogP contribution in [0.15, 0.2) is 0 Å². The molecule has 1 aliphatic heterocycles. The highest BCUT2D eigenvalue weighted by molar-refractivity contribution is 5.83. The molecule has 0 aromatic rings. The molecule has 0 radical (unpaired) electrons. The summed E-state index contributed by atoms with van der Waals surface area (Å²) in [6, 6.07) is 0. The number of hydrogen-bond donors (Lipinski definition) is 1. The molecular formula is C12H19NO3. The number of carbonyl (C=O) groups excluding carboxylic acids is 1. The number of carboxylic acids is 1. The zero-order chi connectivity index (χ0) is 11.9. The number of nitrogens with zero attached hydrogens (tertiary/aromatic N) is 1. The fourth-order valence-electron chi connectivity index (χ4n) is 2.49. The molecular weight excluding hydrogens is 206 g/mol. The maximum absolute atomic E-state index is 12.1. The zero-order valence-electron chi connectivity index (χ0n) is 9.90. The van der Waals surface area contributed by atoms with Crippen molar-refractivity contribution in [3.63, 3.8) is 0 Å². The van der Waals surface area contributed by atoms with E-state index in [0.717, 1.165) is 19.4 Å². The van der Waals surface area contributed by atoms with Crippen molar-refractivity contribution < 1.29 is 14.7 Å². The maximum atomic E-state index is 12.1. The first-order valence-electron chi connectivity index (χ1n) is 5.93. The molecule has 0 aromatic carbocycles. The van der Waals surface area contributed by atoms with E-state index in [1.807, 2.05) is 0 Å². The van der Waals surface area contributed by atoms with Crippen molar-refractivity contribution in [1.29, 1.82) is 0 Å². The second-order valence-corrected chi connectivity index (χ2v) is 5.71. The van der Waals surface area contributed by atoms with Crippen LogP contribution in [0.4, 0.5) is 0 Å². The van der Waals surface area contributed by atoms with Crippen LogP contribution in [0, 0.1) is 17.3 Å². The number of aliphatic carboxylic acids is 1. The van der Waals surface area contributed by atoms with E-state index in [1.54, 1.807) is 4.90 Å². The van der Waals surface area contributed by atoms with Gasteiger partial charge < -0.3 is 10.0 Å². The average molecular weight is 225 g/mol. The van der Waals surface area contributed by atoms with Crippen LogP contribution >= 0.6 is 0 Å². The lowest BCUT2D eigenvalue weighted by molar-refractivity contribution is -0.146. The third-order valence-corrected chi connectivity index (χ3v) is 3.89. The molecule has 1 N–H and O–H groups in total. The summed E-state index contributed by atoms with van der Waals surface area (Å²) in [4.78, 5) is 24.7. The van der Waals surface area contributed by atoms with E-state index >= 15 is 0 Å². The first-order valence-corrected chi connectivity index (χ1v) is 5.93. The Morgan fingerprint density at radius 3 is 2.50 bits per heavy atom. The van der Waals surface area contributed by atoms with Gasteiger partial charge in [0, 0.05) is 19.0 Å². The van der Waals surface area contributed by atoms with Crippen molar-refractivity contribution in [3.05, 3.63) is 0 Å². The van der Waals surface area contributed by atoms with Crippen molar-refractivity contribution >= 4 is 11.9 Å². The van der Waals surface area contributed by atoms with Gasteiger partial charge in [0.2, 0.25) is 5.91 Å². The summed E-state index contributed by atoms with van der Waals surface area (Å²) in [5.41, 5.74) is 0.132. The third-order valence-electron chi connectivity index (χ3n) is 3.89. The van der Waals surface area contributed by atoms with E-state index in [1.165, 1.54) is 0 Å². The Hall–Kier alpha value is -1.06. The highest BCUT2D eigenvalue weighted by Crippen LogP contribution is 2.52. The highest BCUT2D eigenvalue weighted by Gasteiger charge is 2.52. The number of carbonyl (C=O) groups is 2. The van der Waals surface area contributed by atoms with Gasteiger partial charge in [0.15, 0.2) is 0 Å². The number of likely N-dealkylation sites (tertiary alicyclic amines) is 1. The monoisotopic (exact) mass is 225 g/mol. The lowest BCUT2D eigenvalue weighted by atomic mass is 9.97. The van der Waals surface area contributed by atoms with Gasteiger partial charge in [0.25, 0.3) is 0 Å². The Balaban J connectivity index is 1.95. The van der Waals surface area contributed by atoms with Crippen LogP contribution in [0.2, 0.25) is 0 Å². The molecule has 1 heterocycles. The fraction of sp³-hybridized carbons (Fsp3) is 0.833. The molecule has 90 valence electrons. The second-order valence-electron chi connectivity index (χ2n) is 5.71. The van der Waals surface area contributed by atoms with Crippen molar-refractivity contribution in [2.45, 2.75) is 33.1 Å². The van der Waals surface area contributed by atoms with Gasteiger partial charge >= 0.3 is 5.97 Å². The molecule has 2 rings (SSSR count). The SMILES string of the molecule is CC1(C)C[C@@H]1C(=O)N1CCCC(C(=O)O)C1. The second kappa shape index (κ2) is 3.75. The molecule has 0 aromatic heterocycles. The van der Waals surface area contributed by atoms with E-state index in [9.17, 15) is 9.59 Å². The molecule has 2 aliphatic rings. The van der Waals surface area contributed by atoms with Gasteiger partial charge in [-0.1, -0.05) is 13.8 Å². The van der Waals surface area contributed by atoms with Gasteiger partial charge in [-0.25, -0.2) is 0 Å². The molecule has 0 spiro atoms. The number of rotatable bonds is 2.